The average molecular weight is 248 g/mol. The summed E-state index contributed by atoms with van der Waals surface area (Å²) in [7, 11) is 1.32. The maximum absolute atomic E-state index is 11.5. The predicted molar refractivity (Wildman–Crippen MR) is 61.1 cm³/mol. The molecule has 0 unspecified atom stereocenters. The summed E-state index contributed by atoms with van der Waals surface area (Å²) >= 11 is 0. The van der Waals surface area contributed by atoms with Crippen LogP contribution in [0.5, 0.6) is 5.75 Å². The van der Waals surface area contributed by atoms with Crippen LogP contribution in [0.15, 0.2) is 28.9 Å². The first-order chi connectivity index (χ1) is 8.72. The van der Waals surface area contributed by atoms with Crippen LogP contribution in [0.25, 0.3) is 0 Å². The molecule has 6 heteroatoms. The van der Waals surface area contributed by atoms with E-state index < -0.39 is 5.97 Å². The van der Waals surface area contributed by atoms with Crippen molar-refractivity contribution in [1.29, 1.82) is 0 Å². The Bertz CT molecular complexity index is 551. The number of methoxy groups -OCH3 is 1. The second kappa shape index (κ2) is 5.31. The fourth-order valence-electron chi connectivity index (χ4n) is 1.40. The van der Waals surface area contributed by atoms with Gasteiger partial charge in [0.05, 0.1) is 7.11 Å². The van der Waals surface area contributed by atoms with Crippen LogP contribution in [0.2, 0.25) is 0 Å². The lowest BCUT2D eigenvalue weighted by Gasteiger charge is -2.08. The van der Waals surface area contributed by atoms with E-state index in [2.05, 4.69) is 19.7 Å². The smallest absolute Gasteiger partial charge is 0.341 e. The summed E-state index contributed by atoms with van der Waals surface area (Å²) < 4.78 is 14.8. The summed E-state index contributed by atoms with van der Waals surface area (Å²) in [5.74, 6) is -0.00708. The number of esters is 1. The lowest BCUT2D eigenvalue weighted by atomic mass is 10.2. The molecule has 0 saturated carbocycles. The molecule has 0 fully saturated rings. The number of rotatable bonds is 4. The monoisotopic (exact) mass is 248 g/mol. The molecule has 0 aliphatic rings. The number of aryl methyl sites for hydroxylation is 1. The molecule has 1 aromatic heterocycles. The quantitative estimate of drug-likeness (QED) is 0.767. The van der Waals surface area contributed by atoms with Gasteiger partial charge < -0.3 is 9.47 Å². The highest BCUT2D eigenvalue weighted by Gasteiger charge is 2.13. The maximum atomic E-state index is 11.5. The molecule has 0 atom stereocenters. The molecule has 1 heterocycles. The van der Waals surface area contributed by atoms with Gasteiger partial charge in [-0.3, -0.25) is 0 Å². The molecule has 2 rings (SSSR count). The van der Waals surface area contributed by atoms with E-state index in [1.807, 2.05) is 0 Å². The van der Waals surface area contributed by atoms with Gasteiger partial charge >= 0.3 is 5.97 Å². The SMILES string of the molecule is COC(=O)c1ccccc1OCc1nonc1C. The number of carbonyl (C=O) groups is 1. The topological polar surface area (TPSA) is 74.5 Å². The van der Waals surface area contributed by atoms with Crippen molar-refractivity contribution in [2.45, 2.75) is 13.5 Å². The van der Waals surface area contributed by atoms with Crippen molar-refractivity contribution in [2.75, 3.05) is 7.11 Å². The molecular formula is C12H12N2O4. The number of nitrogens with zero attached hydrogens (tertiary/aromatic N) is 2. The largest absolute Gasteiger partial charge is 0.486 e. The highest BCUT2D eigenvalue weighted by molar-refractivity contribution is 5.92. The molecule has 0 spiro atoms. The van der Waals surface area contributed by atoms with Crippen LogP contribution in [0, 0.1) is 6.92 Å². The highest BCUT2D eigenvalue weighted by atomic mass is 16.6. The summed E-state index contributed by atoms with van der Waals surface area (Å²) in [6.45, 7) is 1.95. The van der Waals surface area contributed by atoms with Crippen LogP contribution in [0.1, 0.15) is 21.7 Å². The van der Waals surface area contributed by atoms with E-state index in [1.165, 1.54) is 7.11 Å². The van der Waals surface area contributed by atoms with Crippen molar-refractivity contribution < 1.29 is 18.9 Å². The Hall–Kier alpha value is -2.37. The first-order valence-corrected chi connectivity index (χ1v) is 5.30. The molecule has 0 radical (unpaired) electrons. The zero-order chi connectivity index (χ0) is 13.0. The average Bonchev–Trinajstić information content (AvgIpc) is 2.81. The normalized spacial score (nSPS) is 10.1. The molecule has 0 aliphatic carbocycles. The molecule has 94 valence electrons. The van der Waals surface area contributed by atoms with E-state index in [-0.39, 0.29) is 6.61 Å². The number of benzene rings is 1. The van der Waals surface area contributed by atoms with Gasteiger partial charge in [0.25, 0.3) is 0 Å². The number of para-hydroxylation sites is 1. The Balaban J connectivity index is 2.14. The van der Waals surface area contributed by atoms with Crippen molar-refractivity contribution in [3.05, 3.63) is 41.2 Å². The maximum Gasteiger partial charge on any atom is 0.341 e. The summed E-state index contributed by atoms with van der Waals surface area (Å²) in [5, 5.41) is 7.34. The first kappa shape index (κ1) is 12.1. The summed E-state index contributed by atoms with van der Waals surface area (Å²) in [4.78, 5) is 11.5. The van der Waals surface area contributed by atoms with Crippen LogP contribution in [0.4, 0.5) is 0 Å². The van der Waals surface area contributed by atoms with Gasteiger partial charge in [-0.25, -0.2) is 9.42 Å². The molecule has 6 nitrogen and oxygen atoms in total. The predicted octanol–water partition coefficient (Wildman–Crippen LogP) is 1.74. The summed E-state index contributed by atoms with van der Waals surface area (Å²) in [6.07, 6.45) is 0. The van der Waals surface area contributed by atoms with E-state index in [0.717, 1.165) is 0 Å². The fraction of sp³-hybridized carbons (Fsp3) is 0.250. The van der Waals surface area contributed by atoms with Crippen LogP contribution in [0.3, 0.4) is 0 Å². The standard InChI is InChI=1S/C12H12N2O4/c1-8-10(14-18-13-8)7-17-11-6-4-3-5-9(11)12(15)16-2/h3-6H,7H2,1-2H3. The zero-order valence-electron chi connectivity index (χ0n) is 10.0. The Kier molecular flexibility index (Phi) is 3.57. The summed E-state index contributed by atoms with van der Waals surface area (Å²) in [5.41, 5.74) is 1.62. The van der Waals surface area contributed by atoms with Gasteiger partial charge in [-0.2, -0.15) is 0 Å². The molecule has 0 bridgehead atoms. The van der Waals surface area contributed by atoms with Gasteiger partial charge in [0, 0.05) is 0 Å². The van der Waals surface area contributed by atoms with Crippen molar-refractivity contribution in [2.24, 2.45) is 0 Å². The van der Waals surface area contributed by atoms with Gasteiger partial charge in [-0.15, -0.1) is 0 Å². The molecule has 1 aromatic carbocycles. The molecule has 2 aromatic rings. The minimum atomic E-state index is -0.444. The van der Waals surface area contributed by atoms with E-state index in [0.29, 0.717) is 22.7 Å². The van der Waals surface area contributed by atoms with Gasteiger partial charge in [0.1, 0.15) is 29.3 Å². The third-order valence-corrected chi connectivity index (χ3v) is 2.40. The van der Waals surface area contributed by atoms with E-state index in [1.54, 1.807) is 31.2 Å². The molecule has 0 saturated heterocycles. The lowest BCUT2D eigenvalue weighted by molar-refractivity contribution is 0.0595. The van der Waals surface area contributed by atoms with E-state index in [4.69, 9.17) is 4.74 Å². The second-order valence-corrected chi connectivity index (χ2v) is 3.57. The number of hydrogen-bond acceptors (Lipinski definition) is 6. The van der Waals surface area contributed by atoms with Crippen LogP contribution < -0.4 is 4.74 Å². The number of hydrogen-bond donors (Lipinski definition) is 0. The van der Waals surface area contributed by atoms with Crippen LogP contribution in [-0.2, 0) is 11.3 Å². The molecular weight excluding hydrogens is 236 g/mol. The molecule has 0 aliphatic heterocycles. The second-order valence-electron chi connectivity index (χ2n) is 3.57. The highest BCUT2D eigenvalue weighted by Crippen LogP contribution is 2.20. The third-order valence-electron chi connectivity index (χ3n) is 2.40. The molecule has 18 heavy (non-hydrogen) atoms. The lowest BCUT2D eigenvalue weighted by Crippen LogP contribution is -2.06. The first-order valence-electron chi connectivity index (χ1n) is 5.30. The van der Waals surface area contributed by atoms with Crippen molar-refractivity contribution >= 4 is 5.97 Å². The Morgan fingerprint density at radius 2 is 2.11 bits per heavy atom. The van der Waals surface area contributed by atoms with Crippen molar-refractivity contribution in [3.8, 4) is 5.75 Å². The van der Waals surface area contributed by atoms with Gasteiger partial charge in [-0.1, -0.05) is 22.4 Å². The zero-order valence-corrected chi connectivity index (χ0v) is 10.0. The molecule has 0 N–H and O–H groups in total. The number of aromatic nitrogens is 2. The Morgan fingerprint density at radius 1 is 1.33 bits per heavy atom. The number of carbonyl (C=O) groups excluding carboxylic acids is 1. The van der Waals surface area contributed by atoms with Crippen LogP contribution >= 0.6 is 0 Å². The van der Waals surface area contributed by atoms with Gasteiger partial charge in [0.2, 0.25) is 0 Å². The van der Waals surface area contributed by atoms with Gasteiger partial charge in [-0.05, 0) is 19.1 Å². The third kappa shape index (κ3) is 2.48. The summed E-state index contributed by atoms with van der Waals surface area (Å²) in [6, 6.07) is 6.84. The minimum absolute atomic E-state index is 0.184. The Labute approximate surface area is 103 Å². The van der Waals surface area contributed by atoms with Crippen molar-refractivity contribution in [3.63, 3.8) is 0 Å². The fourth-order valence-corrected chi connectivity index (χ4v) is 1.40. The van der Waals surface area contributed by atoms with Crippen LogP contribution in [-0.4, -0.2) is 23.4 Å². The van der Waals surface area contributed by atoms with Gasteiger partial charge in [0.15, 0.2) is 0 Å². The van der Waals surface area contributed by atoms with E-state index >= 15 is 0 Å². The molecule has 0 amide bonds. The van der Waals surface area contributed by atoms with Crippen molar-refractivity contribution in [1.82, 2.24) is 10.3 Å². The minimum Gasteiger partial charge on any atom is -0.486 e. The van der Waals surface area contributed by atoms with E-state index in [9.17, 15) is 4.79 Å². The number of ether oxygens (including phenoxy) is 2. The Morgan fingerprint density at radius 3 is 2.78 bits per heavy atom.